The Morgan fingerprint density at radius 2 is 2.07 bits per heavy atom. The van der Waals surface area contributed by atoms with E-state index in [2.05, 4.69) is 4.99 Å². The lowest BCUT2D eigenvalue weighted by Gasteiger charge is -2.46. The molecule has 8 heteroatoms. The van der Waals surface area contributed by atoms with E-state index in [9.17, 15) is 23.5 Å². The summed E-state index contributed by atoms with van der Waals surface area (Å²) in [6, 6.07) is 1.65. The zero-order valence-corrected chi connectivity index (χ0v) is 17.2. The van der Waals surface area contributed by atoms with Gasteiger partial charge in [0, 0.05) is 30.9 Å². The molecule has 2 unspecified atom stereocenters. The largest absolute Gasteiger partial charge is 0.479 e. The summed E-state index contributed by atoms with van der Waals surface area (Å²) in [5, 5.41) is 10.2. The number of aliphatic carboxylic acids is 1. The zero-order valence-electron chi connectivity index (χ0n) is 17.2. The first-order chi connectivity index (χ1) is 13.5. The molecule has 2 aliphatic heterocycles. The van der Waals surface area contributed by atoms with Gasteiger partial charge >= 0.3 is 5.97 Å². The number of carboxylic acid groups (broad SMARTS) is 1. The Labute approximate surface area is 169 Å². The summed E-state index contributed by atoms with van der Waals surface area (Å²) < 4.78 is 28.4. The number of halogens is 2. The predicted molar refractivity (Wildman–Crippen MR) is 107 cm³/mol. The third-order valence-corrected chi connectivity index (χ3v) is 5.47. The summed E-state index contributed by atoms with van der Waals surface area (Å²) in [5.41, 5.74) is -2.41. The minimum atomic E-state index is -1.94. The van der Waals surface area contributed by atoms with Gasteiger partial charge in [-0.05, 0) is 31.2 Å². The number of anilines is 1. The zero-order chi connectivity index (χ0) is 21.6. The molecule has 0 bridgehead atoms. The summed E-state index contributed by atoms with van der Waals surface area (Å²) in [7, 11) is 0. The number of carbonyl (C=O) groups excluding carboxylic acids is 1. The van der Waals surface area contributed by atoms with Crippen molar-refractivity contribution in [1.82, 2.24) is 4.90 Å². The molecular formula is C21H27F2N3O3. The molecule has 6 nitrogen and oxygen atoms in total. The van der Waals surface area contributed by atoms with Gasteiger partial charge in [0.2, 0.25) is 5.54 Å². The number of carboxylic acids is 1. The first kappa shape index (κ1) is 21.4. The molecule has 3 rings (SSSR count). The van der Waals surface area contributed by atoms with E-state index >= 15 is 0 Å². The molecule has 0 aliphatic carbocycles. The molecule has 0 saturated carbocycles. The Kier molecular flexibility index (Phi) is 5.51. The second-order valence-corrected chi connectivity index (χ2v) is 8.75. The molecule has 1 saturated heterocycles. The maximum absolute atomic E-state index is 14.5. The maximum atomic E-state index is 14.5. The Hall–Kier alpha value is -2.35. The maximum Gasteiger partial charge on any atom is 0.334 e. The summed E-state index contributed by atoms with van der Waals surface area (Å²) in [5.74, 6) is -3.89. The smallest absolute Gasteiger partial charge is 0.334 e. The molecule has 2 heterocycles. The van der Waals surface area contributed by atoms with Gasteiger partial charge in [0.05, 0.1) is 12.2 Å². The third kappa shape index (κ3) is 3.66. The molecule has 1 fully saturated rings. The number of hydrogen-bond acceptors (Lipinski definition) is 5. The molecule has 0 aromatic heterocycles. The van der Waals surface area contributed by atoms with Gasteiger partial charge in [-0.3, -0.25) is 14.7 Å². The lowest BCUT2D eigenvalue weighted by atomic mass is 9.82. The van der Waals surface area contributed by atoms with Crippen LogP contribution in [-0.2, 0) is 4.79 Å². The second-order valence-electron chi connectivity index (χ2n) is 8.75. The van der Waals surface area contributed by atoms with Gasteiger partial charge in [0.25, 0.3) is 0 Å². The van der Waals surface area contributed by atoms with E-state index in [1.165, 1.54) is 4.90 Å². The first-order valence-corrected chi connectivity index (χ1v) is 9.84. The van der Waals surface area contributed by atoms with Crippen molar-refractivity contribution < 1.29 is 23.5 Å². The number of nitrogens with zero attached hydrogens (tertiary/aromatic N) is 3. The monoisotopic (exact) mass is 407 g/mol. The highest BCUT2D eigenvalue weighted by Gasteiger charge is 2.58. The molecule has 0 amide bonds. The van der Waals surface area contributed by atoms with Gasteiger partial charge in [-0.15, -0.1) is 0 Å². The van der Waals surface area contributed by atoms with Crippen molar-refractivity contribution in [1.29, 1.82) is 0 Å². The fourth-order valence-electron chi connectivity index (χ4n) is 4.15. The quantitative estimate of drug-likeness (QED) is 0.612. The molecular weight excluding hydrogens is 380 g/mol. The summed E-state index contributed by atoms with van der Waals surface area (Å²) in [4.78, 5) is 33.6. The number of aliphatic imine (C=N–C) groups is 1. The Balaban J connectivity index is 2.14. The Morgan fingerprint density at radius 1 is 1.38 bits per heavy atom. The van der Waals surface area contributed by atoms with Crippen LogP contribution in [0, 0.1) is 17.0 Å². The van der Waals surface area contributed by atoms with E-state index in [1.54, 1.807) is 18.0 Å². The lowest BCUT2D eigenvalue weighted by Crippen LogP contribution is -2.68. The molecule has 2 atom stereocenters. The van der Waals surface area contributed by atoms with Crippen molar-refractivity contribution in [2.45, 2.75) is 52.2 Å². The second kappa shape index (κ2) is 7.48. The van der Waals surface area contributed by atoms with Gasteiger partial charge in [-0.2, -0.15) is 0 Å². The fourth-order valence-corrected chi connectivity index (χ4v) is 4.15. The first-order valence-electron chi connectivity index (χ1n) is 9.84. The molecule has 29 heavy (non-hydrogen) atoms. The highest BCUT2D eigenvalue weighted by Crippen LogP contribution is 2.40. The SMILES string of the molecule is CCN1CC(C(=O)O)(N2CCCC2/N=C/C(C)(C)C)C(=O)c2cc(F)cc(F)c21. The van der Waals surface area contributed by atoms with Crippen LogP contribution in [0.25, 0.3) is 0 Å². The average Bonchev–Trinajstić information content (AvgIpc) is 3.09. The van der Waals surface area contributed by atoms with Crippen molar-refractivity contribution >= 4 is 23.7 Å². The van der Waals surface area contributed by atoms with Crippen LogP contribution in [0.4, 0.5) is 14.5 Å². The predicted octanol–water partition coefficient (Wildman–Crippen LogP) is 3.35. The highest BCUT2D eigenvalue weighted by atomic mass is 19.1. The third-order valence-electron chi connectivity index (χ3n) is 5.47. The number of carbonyl (C=O) groups is 2. The van der Waals surface area contributed by atoms with E-state index in [-0.39, 0.29) is 29.8 Å². The molecule has 158 valence electrons. The molecule has 0 spiro atoms. The summed E-state index contributed by atoms with van der Waals surface area (Å²) in [6.07, 6.45) is 2.59. The summed E-state index contributed by atoms with van der Waals surface area (Å²) in [6.45, 7) is 8.12. The number of ketones is 1. The van der Waals surface area contributed by atoms with Crippen LogP contribution in [-0.4, -0.2) is 59.3 Å². The van der Waals surface area contributed by atoms with Crippen molar-refractivity contribution in [3.8, 4) is 0 Å². The number of rotatable bonds is 4. The van der Waals surface area contributed by atoms with Crippen LogP contribution in [0.5, 0.6) is 0 Å². The van der Waals surface area contributed by atoms with Crippen LogP contribution in [0.1, 0.15) is 50.9 Å². The number of benzene rings is 1. The standard InChI is InChI=1S/C21H27F2N3O3/c1-5-25-12-21(19(28)29,18(27)14-9-13(22)10-15(23)17(14)25)26-8-6-7-16(26)24-11-20(2,3)4/h9-11,16H,5-8,12H2,1-4H3,(H,28,29)/b24-11+. The van der Waals surface area contributed by atoms with Gasteiger partial charge in [0.15, 0.2) is 5.78 Å². The lowest BCUT2D eigenvalue weighted by molar-refractivity contribution is -0.148. The van der Waals surface area contributed by atoms with Gasteiger partial charge < -0.3 is 10.0 Å². The molecule has 0 radical (unpaired) electrons. The van der Waals surface area contributed by atoms with Crippen LogP contribution in [0.3, 0.4) is 0 Å². The van der Waals surface area contributed by atoms with E-state index in [0.717, 1.165) is 12.1 Å². The van der Waals surface area contributed by atoms with Crippen molar-refractivity contribution in [3.05, 3.63) is 29.3 Å². The Morgan fingerprint density at radius 3 is 2.66 bits per heavy atom. The minimum absolute atomic E-state index is 0.0373. The molecule has 1 aromatic carbocycles. The Bertz CT molecular complexity index is 865. The average molecular weight is 407 g/mol. The minimum Gasteiger partial charge on any atom is -0.479 e. The number of Topliss-reactive ketones (excluding diaryl/α,β-unsaturated/α-hetero) is 1. The van der Waals surface area contributed by atoms with E-state index < -0.39 is 35.1 Å². The molecule has 2 aliphatic rings. The van der Waals surface area contributed by atoms with E-state index in [1.807, 2.05) is 20.8 Å². The van der Waals surface area contributed by atoms with Crippen molar-refractivity contribution in [3.63, 3.8) is 0 Å². The van der Waals surface area contributed by atoms with Gasteiger partial charge in [-0.1, -0.05) is 20.8 Å². The van der Waals surface area contributed by atoms with Crippen LogP contribution >= 0.6 is 0 Å². The molecule has 1 N–H and O–H groups in total. The number of likely N-dealkylation sites (N-methyl/N-ethyl adjacent to an activating group) is 1. The normalized spacial score (nSPS) is 25.7. The van der Waals surface area contributed by atoms with Crippen LogP contribution in [0.2, 0.25) is 0 Å². The van der Waals surface area contributed by atoms with E-state index in [0.29, 0.717) is 19.4 Å². The van der Waals surface area contributed by atoms with Crippen LogP contribution in [0.15, 0.2) is 17.1 Å². The fraction of sp³-hybridized carbons (Fsp3) is 0.571. The number of likely N-dealkylation sites (tertiary alicyclic amines) is 1. The number of fused-ring (bicyclic) bond motifs is 1. The van der Waals surface area contributed by atoms with Crippen molar-refractivity contribution in [2.24, 2.45) is 10.4 Å². The van der Waals surface area contributed by atoms with Gasteiger partial charge in [-0.25, -0.2) is 13.6 Å². The van der Waals surface area contributed by atoms with E-state index in [4.69, 9.17) is 0 Å². The topological polar surface area (TPSA) is 73.2 Å². The highest BCUT2D eigenvalue weighted by molar-refractivity contribution is 6.20. The number of hydrogen-bond donors (Lipinski definition) is 1. The molecule has 1 aromatic rings. The summed E-state index contributed by atoms with van der Waals surface area (Å²) >= 11 is 0. The van der Waals surface area contributed by atoms with Gasteiger partial charge in [0.1, 0.15) is 17.8 Å². The van der Waals surface area contributed by atoms with Crippen molar-refractivity contribution in [2.75, 3.05) is 24.5 Å². The van der Waals surface area contributed by atoms with Crippen LogP contribution < -0.4 is 4.90 Å².